The Hall–Kier alpha value is -3.95. The molecule has 0 spiro atoms. The Morgan fingerprint density at radius 3 is 2.31 bits per heavy atom. The fourth-order valence-corrected chi connectivity index (χ4v) is 2.99. The van der Waals surface area contributed by atoms with Crippen LogP contribution in [-0.4, -0.2) is 56.0 Å². The van der Waals surface area contributed by atoms with Crippen molar-refractivity contribution in [3.05, 3.63) is 54.4 Å². The minimum absolute atomic E-state index is 0.150. The fourth-order valence-electron chi connectivity index (χ4n) is 2.99. The van der Waals surface area contributed by atoms with E-state index < -0.39 is 17.5 Å². The number of aliphatic imine (C=N–C) groups is 1. The fraction of sp³-hybridized carbons (Fsp3) is 0.346. The van der Waals surface area contributed by atoms with Crippen molar-refractivity contribution in [3.63, 3.8) is 0 Å². The number of hydrogen-bond donors (Lipinski definition) is 3. The number of benzene rings is 2. The maximum atomic E-state index is 15.0. The van der Waals surface area contributed by atoms with Crippen LogP contribution in [0.4, 0.5) is 30.6 Å². The highest BCUT2D eigenvalue weighted by molar-refractivity contribution is 5.90. The summed E-state index contributed by atoms with van der Waals surface area (Å²) in [6, 6.07) is 8.97. The molecule has 0 aliphatic carbocycles. The molecular formula is C26H33F2N5O3. The van der Waals surface area contributed by atoms with Crippen LogP contribution in [0.25, 0.3) is 5.70 Å². The van der Waals surface area contributed by atoms with Gasteiger partial charge in [-0.1, -0.05) is 6.58 Å². The minimum atomic E-state index is -1.36. The molecule has 36 heavy (non-hydrogen) atoms. The van der Waals surface area contributed by atoms with Gasteiger partial charge in [-0.25, -0.2) is 13.6 Å². The van der Waals surface area contributed by atoms with Gasteiger partial charge >= 0.3 is 6.03 Å². The van der Waals surface area contributed by atoms with E-state index in [0.29, 0.717) is 11.4 Å². The first-order chi connectivity index (χ1) is 16.9. The van der Waals surface area contributed by atoms with Crippen LogP contribution in [0.2, 0.25) is 0 Å². The molecule has 2 aromatic rings. The van der Waals surface area contributed by atoms with Gasteiger partial charge in [0.25, 0.3) is 5.91 Å². The number of hydrogen-bond acceptors (Lipinski definition) is 5. The molecule has 0 aliphatic rings. The van der Waals surface area contributed by atoms with Gasteiger partial charge in [0, 0.05) is 56.1 Å². The number of carbonyl (C=O) groups excluding carboxylic acids is 2. The number of halogens is 2. The van der Waals surface area contributed by atoms with Crippen molar-refractivity contribution in [3.8, 4) is 5.75 Å². The third-order valence-corrected chi connectivity index (χ3v) is 4.92. The number of anilines is 2. The third-order valence-electron chi connectivity index (χ3n) is 4.92. The highest BCUT2D eigenvalue weighted by Gasteiger charge is 2.17. The van der Waals surface area contributed by atoms with Crippen molar-refractivity contribution < 1.29 is 23.1 Å². The highest BCUT2D eigenvalue weighted by atomic mass is 19.1. The van der Waals surface area contributed by atoms with Crippen molar-refractivity contribution >= 4 is 40.9 Å². The molecular weight excluding hydrogens is 468 g/mol. The molecule has 0 saturated heterocycles. The second-order valence-electron chi connectivity index (χ2n) is 8.79. The number of rotatable bonds is 11. The van der Waals surface area contributed by atoms with E-state index in [1.165, 1.54) is 37.1 Å². The molecule has 0 aromatic heterocycles. The van der Waals surface area contributed by atoms with Crippen molar-refractivity contribution in [2.75, 3.05) is 37.9 Å². The van der Waals surface area contributed by atoms with E-state index in [1.807, 2.05) is 0 Å². The number of nitrogens with zero attached hydrogens (tertiary/aromatic N) is 2. The topological polar surface area (TPSA) is 95.1 Å². The Morgan fingerprint density at radius 1 is 1.14 bits per heavy atom. The summed E-state index contributed by atoms with van der Waals surface area (Å²) in [5.41, 5.74) is 0.470. The van der Waals surface area contributed by atoms with Gasteiger partial charge in [-0.3, -0.25) is 9.79 Å². The number of alkyl halides is 1. The maximum Gasteiger partial charge on any atom is 0.319 e. The van der Waals surface area contributed by atoms with Gasteiger partial charge in [0.1, 0.15) is 17.2 Å². The monoisotopic (exact) mass is 501 g/mol. The Bertz CT molecular complexity index is 1110. The lowest BCUT2D eigenvalue weighted by molar-refractivity contribution is -0.130. The molecule has 10 heteroatoms. The average molecular weight is 502 g/mol. The van der Waals surface area contributed by atoms with Crippen molar-refractivity contribution in [1.29, 1.82) is 0 Å². The van der Waals surface area contributed by atoms with Crippen LogP contribution in [0.1, 0.15) is 32.8 Å². The number of ether oxygens (including phenoxy) is 1. The van der Waals surface area contributed by atoms with E-state index in [0.717, 1.165) is 0 Å². The zero-order chi connectivity index (χ0) is 26.9. The van der Waals surface area contributed by atoms with Gasteiger partial charge < -0.3 is 25.6 Å². The summed E-state index contributed by atoms with van der Waals surface area (Å²) in [5, 5.41) is 8.30. The normalized spacial score (nSPS) is 11.2. The number of amides is 3. The van der Waals surface area contributed by atoms with Crippen LogP contribution in [0.15, 0.2) is 48.0 Å². The summed E-state index contributed by atoms with van der Waals surface area (Å²) in [7, 11) is 3.20. The summed E-state index contributed by atoms with van der Waals surface area (Å²) in [6.45, 7) is 8.51. The Labute approximate surface area is 210 Å². The van der Waals surface area contributed by atoms with Crippen LogP contribution in [0.5, 0.6) is 5.75 Å². The summed E-state index contributed by atoms with van der Waals surface area (Å²) in [4.78, 5) is 29.3. The first kappa shape index (κ1) is 28.3. The molecule has 0 bridgehead atoms. The Kier molecular flexibility index (Phi) is 9.95. The van der Waals surface area contributed by atoms with Gasteiger partial charge in [-0.05, 0) is 51.5 Å². The molecule has 0 unspecified atom stereocenters. The lowest BCUT2D eigenvalue weighted by Gasteiger charge is -2.16. The average Bonchev–Trinajstić information content (AvgIpc) is 2.77. The molecule has 3 amide bonds. The van der Waals surface area contributed by atoms with Crippen LogP contribution in [0, 0.1) is 5.82 Å². The van der Waals surface area contributed by atoms with Gasteiger partial charge in [-0.15, -0.1) is 0 Å². The number of likely N-dealkylation sites (N-methyl/N-ethyl adjacent to an activating group) is 1. The minimum Gasteiger partial charge on any atom is -0.484 e. The van der Waals surface area contributed by atoms with Crippen LogP contribution < -0.4 is 20.7 Å². The predicted octanol–water partition coefficient (Wildman–Crippen LogP) is 5.36. The molecule has 194 valence electrons. The maximum absolute atomic E-state index is 15.0. The SMILES string of the molecule is C=C(Nc1ccc(NC(=O)NCCC(C)(C)F)cc1)c1c(F)cc(OCC(=O)N(C)C)cc1N=CC. The molecule has 0 saturated carbocycles. The predicted molar refractivity (Wildman–Crippen MR) is 140 cm³/mol. The third kappa shape index (κ3) is 9.01. The van der Waals surface area contributed by atoms with Crippen LogP contribution >= 0.6 is 0 Å². The van der Waals surface area contributed by atoms with E-state index in [9.17, 15) is 14.0 Å². The zero-order valence-electron chi connectivity index (χ0n) is 21.2. The smallest absolute Gasteiger partial charge is 0.319 e. The molecule has 0 aliphatic heterocycles. The first-order valence-electron chi connectivity index (χ1n) is 11.3. The molecule has 2 aromatic carbocycles. The summed E-state index contributed by atoms with van der Waals surface area (Å²) in [5.74, 6) is -0.705. The second kappa shape index (κ2) is 12.7. The first-order valence-corrected chi connectivity index (χ1v) is 11.3. The standard InChI is InChI=1S/C26H33F2N5O3/c1-7-29-22-15-20(36-16-23(34)33(5)6)14-21(27)24(22)17(2)31-18-8-10-19(11-9-18)32-25(35)30-13-12-26(3,4)28/h7-11,14-15,31H,2,12-13,16H2,1,3-6H3,(H2,30,32,35). The van der Waals surface area contributed by atoms with E-state index in [-0.39, 0.29) is 48.2 Å². The zero-order valence-corrected chi connectivity index (χ0v) is 21.2. The van der Waals surface area contributed by atoms with E-state index in [4.69, 9.17) is 4.74 Å². The highest BCUT2D eigenvalue weighted by Crippen LogP contribution is 2.33. The lowest BCUT2D eigenvalue weighted by atomic mass is 10.1. The second-order valence-corrected chi connectivity index (χ2v) is 8.79. The summed E-state index contributed by atoms with van der Waals surface area (Å²) in [6.07, 6.45) is 1.72. The van der Waals surface area contributed by atoms with Gasteiger partial charge in [-0.2, -0.15) is 0 Å². The Morgan fingerprint density at radius 2 is 1.75 bits per heavy atom. The van der Waals surface area contributed by atoms with Gasteiger partial charge in [0.15, 0.2) is 6.61 Å². The number of carbonyl (C=O) groups is 2. The van der Waals surface area contributed by atoms with Crippen LogP contribution in [-0.2, 0) is 4.79 Å². The van der Waals surface area contributed by atoms with Gasteiger partial charge in [0.05, 0.1) is 11.3 Å². The number of urea groups is 1. The molecule has 0 radical (unpaired) electrons. The van der Waals surface area contributed by atoms with Crippen molar-refractivity contribution in [1.82, 2.24) is 10.2 Å². The molecule has 8 nitrogen and oxygen atoms in total. The summed E-state index contributed by atoms with van der Waals surface area (Å²) < 4.78 is 34.0. The lowest BCUT2D eigenvalue weighted by Crippen LogP contribution is -2.32. The number of nitrogens with one attached hydrogen (secondary N) is 3. The van der Waals surface area contributed by atoms with Crippen molar-refractivity contribution in [2.45, 2.75) is 32.9 Å². The molecule has 2 rings (SSSR count). The Balaban J connectivity index is 2.07. The largest absolute Gasteiger partial charge is 0.484 e. The van der Waals surface area contributed by atoms with E-state index in [2.05, 4.69) is 27.5 Å². The van der Waals surface area contributed by atoms with Crippen molar-refractivity contribution in [2.24, 2.45) is 4.99 Å². The van der Waals surface area contributed by atoms with E-state index in [1.54, 1.807) is 45.3 Å². The molecule has 0 atom stereocenters. The van der Waals surface area contributed by atoms with Gasteiger partial charge in [0.2, 0.25) is 0 Å². The van der Waals surface area contributed by atoms with Crippen LogP contribution in [0.3, 0.4) is 0 Å². The molecule has 3 N–H and O–H groups in total. The summed E-state index contributed by atoms with van der Waals surface area (Å²) >= 11 is 0. The molecule has 0 heterocycles. The quantitative estimate of drug-likeness (QED) is 0.362. The molecule has 0 fully saturated rings. The van der Waals surface area contributed by atoms with E-state index >= 15 is 4.39 Å².